The van der Waals surface area contributed by atoms with E-state index in [4.69, 9.17) is 14.6 Å². The fraction of sp³-hybridized carbons (Fsp3) is 0.742. The van der Waals surface area contributed by atoms with Crippen LogP contribution in [0.1, 0.15) is 84.7 Å². The number of nitrogens with one attached hydrogen (secondary N) is 1. The third-order valence-corrected chi connectivity index (χ3v) is 8.27. The lowest BCUT2D eigenvalue weighted by atomic mass is 9.62. The standard InChI is InChI=1S/C31H51N5O6/c1-9-35(8)28(38)23-16-21(17-24(29(39)40)31(23,5)6)27-22(20-36(33-27)25-12-10-11-15-41-25)19-34(7)14-13-32-18-26(37)42-30(2,3)4/h16,20,23-25,32H,9-15,17-19H2,1-8H3,(H,39,40). The lowest BCUT2D eigenvalue weighted by Crippen LogP contribution is -2.47. The molecule has 11 nitrogen and oxygen atoms in total. The summed E-state index contributed by atoms with van der Waals surface area (Å²) in [5, 5.41) is 18.3. The van der Waals surface area contributed by atoms with Gasteiger partial charge in [0.05, 0.1) is 24.1 Å². The lowest BCUT2D eigenvalue weighted by molar-refractivity contribution is -0.154. The van der Waals surface area contributed by atoms with Crippen molar-refractivity contribution in [2.75, 3.05) is 46.9 Å². The summed E-state index contributed by atoms with van der Waals surface area (Å²) < 4.78 is 13.2. The Morgan fingerprint density at radius 2 is 1.95 bits per heavy atom. The van der Waals surface area contributed by atoms with E-state index >= 15 is 0 Å². The van der Waals surface area contributed by atoms with E-state index in [2.05, 4.69) is 10.2 Å². The Kier molecular flexibility index (Phi) is 11.4. The third kappa shape index (κ3) is 8.64. The molecule has 2 N–H and O–H groups in total. The van der Waals surface area contributed by atoms with E-state index in [0.717, 1.165) is 36.1 Å². The number of ether oxygens (including phenoxy) is 2. The highest BCUT2D eigenvalue weighted by Crippen LogP contribution is 2.47. The molecule has 1 aromatic heterocycles. The molecule has 3 unspecified atom stereocenters. The van der Waals surface area contributed by atoms with Crippen LogP contribution in [0.25, 0.3) is 5.57 Å². The maximum absolute atomic E-state index is 13.5. The first-order chi connectivity index (χ1) is 19.6. The van der Waals surface area contributed by atoms with Crippen molar-refractivity contribution < 1.29 is 29.0 Å². The number of carboxylic acid groups (broad SMARTS) is 1. The Labute approximate surface area is 250 Å². The number of carbonyl (C=O) groups is 3. The second-order valence-corrected chi connectivity index (χ2v) is 13.2. The molecular formula is C31H51N5O6. The first kappa shape index (κ1) is 33.7. The number of hydrogen-bond donors (Lipinski definition) is 2. The quantitative estimate of drug-likeness (QED) is 0.278. The Morgan fingerprint density at radius 3 is 2.55 bits per heavy atom. The van der Waals surface area contributed by atoms with Crippen LogP contribution < -0.4 is 5.32 Å². The maximum atomic E-state index is 13.5. The molecule has 1 aliphatic heterocycles. The number of carbonyl (C=O) groups excluding carboxylic acids is 2. The average molecular weight is 590 g/mol. The number of aromatic nitrogens is 2. The Morgan fingerprint density at radius 1 is 1.24 bits per heavy atom. The van der Waals surface area contributed by atoms with Crippen molar-refractivity contribution in [2.45, 2.75) is 85.6 Å². The summed E-state index contributed by atoms with van der Waals surface area (Å²) in [5.74, 6) is -2.62. The SMILES string of the molecule is CCN(C)C(=O)C1C=C(c2nn(C3CCCCO3)cc2CN(C)CCNCC(=O)OC(C)(C)C)CC(C(=O)O)C1(C)C. The molecule has 0 bridgehead atoms. The Balaban J connectivity index is 1.87. The normalized spacial score (nSPS) is 22.5. The molecular weight excluding hydrogens is 538 g/mol. The second-order valence-electron chi connectivity index (χ2n) is 13.2. The topological polar surface area (TPSA) is 126 Å². The zero-order chi connectivity index (χ0) is 31.2. The fourth-order valence-corrected chi connectivity index (χ4v) is 5.65. The average Bonchev–Trinajstić information content (AvgIpc) is 3.32. The van der Waals surface area contributed by atoms with E-state index in [9.17, 15) is 19.5 Å². The van der Waals surface area contributed by atoms with Gasteiger partial charge in [-0.1, -0.05) is 19.9 Å². The molecule has 1 saturated heterocycles. The van der Waals surface area contributed by atoms with Crippen LogP contribution in [0.3, 0.4) is 0 Å². The summed E-state index contributed by atoms with van der Waals surface area (Å²) in [4.78, 5) is 41.8. The van der Waals surface area contributed by atoms with Gasteiger partial charge in [0.2, 0.25) is 5.91 Å². The number of likely N-dealkylation sites (N-methyl/N-ethyl adjacent to an activating group) is 1. The highest BCUT2D eigenvalue weighted by molar-refractivity contribution is 5.87. The molecule has 11 heteroatoms. The van der Waals surface area contributed by atoms with Gasteiger partial charge in [0, 0.05) is 51.6 Å². The van der Waals surface area contributed by atoms with Gasteiger partial charge in [-0.05, 0) is 71.4 Å². The molecule has 2 heterocycles. The summed E-state index contributed by atoms with van der Waals surface area (Å²) in [6.07, 6.45) is 7.00. The number of hydrogen-bond acceptors (Lipinski definition) is 8. The van der Waals surface area contributed by atoms with E-state index in [1.807, 2.05) is 65.5 Å². The molecule has 0 aromatic carbocycles. The van der Waals surface area contributed by atoms with Gasteiger partial charge in [-0.3, -0.25) is 14.4 Å². The van der Waals surface area contributed by atoms with Gasteiger partial charge in [0.1, 0.15) is 11.8 Å². The van der Waals surface area contributed by atoms with Gasteiger partial charge in [-0.25, -0.2) is 4.68 Å². The summed E-state index contributed by atoms with van der Waals surface area (Å²) in [6.45, 7) is 14.3. The molecule has 1 amide bonds. The van der Waals surface area contributed by atoms with Crippen molar-refractivity contribution in [3.8, 4) is 0 Å². The molecule has 0 spiro atoms. The van der Waals surface area contributed by atoms with Crippen LogP contribution in [0, 0.1) is 17.3 Å². The zero-order valence-corrected chi connectivity index (χ0v) is 26.7. The molecule has 3 rings (SSSR count). The smallest absolute Gasteiger partial charge is 0.320 e. The molecule has 0 saturated carbocycles. The Bertz CT molecular complexity index is 1130. The number of esters is 1. The Hall–Kier alpha value is -2.76. The predicted molar refractivity (Wildman–Crippen MR) is 160 cm³/mol. The highest BCUT2D eigenvalue weighted by atomic mass is 16.6. The summed E-state index contributed by atoms with van der Waals surface area (Å²) >= 11 is 0. The van der Waals surface area contributed by atoms with Gasteiger partial charge in [0.25, 0.3) is 0 Å². The fourth-order valence-electron chi connectivity index (χ4n) is 5.65. The van der Waals surface area contributed by atoms with E-state index in [1.165, 1.54) is 0 Å². The van der Waals surface area contributed by atoms with Crippen LogP contribution in [0.5, 0.6) is 0 Å². The van der Waals surface area contributed by atoms with Gasteiger partial charge >= 0.3 is 11.9 Å². The van der Waals surface area contributed by atoms with Crippen LogP contribution >= 0.6 is 0 Å². The maximum Gasteiger partial charge on any atom is 0.320 e. The lowest BCUT2D eigenvalue weighted by Gasteiger charge is -2.42. The molecule has 1 fully saturated rings. The van der Waals surface area contributed by atoms with Crippen LogP contribution in [0.2, 0.25) is 0 Å². The predicted octanol–water partition coefficient (Wildman–Crippen LogP) is 3.55. The second kappa shape index (κ2) is 14.1. The molecule has 2 aliphatic rings. The molecule has 42 heavy (non-hydrogen) atoms. The van der Waals surface area contributed by atoms with E-state index in [1.54, 1.807) is 11.9 Å². The van der Waals surface area contributed by atoms with Crippen molar-refractivity contribution in [2.24, 2.45) is 17.3 Å². The van der Waals surface area contributed by atoms with Gasteiger partial charge in [-0.2, -0.15) is 5.10 Å². The summed E-state index contributed by atoms with van der Waals surface area (Å²) in [6, 6.07) is 0. The summed E-state index contributed by atoms with van der Waals surface area (Å²) in [7, 11) is 3.75. The van der Waals surface area contributed by atoms with Crippen molar-refractivity contribution in [1.82, 2.24) is 24.9 Å². The monoisotopic (exact) mass is 589 g/mol. The van der Waals surface area contributed by atoms with Crippen molar-refractivity contribution >= 4 is 23.4 Å². The molecule has 1 aliphatic carbocycles. The van der Waals surface area contributed by atoms with E-state index in [0.29, 0.717) is 39.2 Å². The third-order valence-electron chi connectivity index (χ3n) is 8.27. The van der Waals surface area contributed by atoms with Crippen molar-refractivity contribution in [3.63, 3.8) is 0 Å². The van der Waals surface area contributed by atoms with Crippen molar-refractivity contribution in [3.05, 3.63) is 23.5 Å². The largest absolute Gasteiger partial charge is 0.481 e. The molecule has 0 radical (unpaired) electrons. The number of allylic oxidation sites excluding steroid dienone is 1. The van der Waals surface area contributed by atoms with E-state index in [-0.39, 0.29) is 24.6 Å². The first-order valence-corrected chi connectivity index (χ1v) is 15.1. The number of aliphatic carboxylic acids is 1. The number of rotatable bonds is 12. The number of carboxylic acids is 1. The minimum atomic E-state index is -0.910. The zero-order valence-electron chi connectivity index (χ0n) is 26.7. The minimum absolute atomic E-state index is 0.0873. The van der Waals surface area contributed by atoms with E-state index < -0.39 is 28.8 Å². The minimum Gasteiger partial charge on any atom is -0.481 e. The molecule has 3 atom stereocenters. The first-order valence-electron chi connectivity index (χ1n) is 15.1. The van der Waals surface area contributed by atoms with Crippen LogP contribution in [0.4, 0.5) is 0 Å². The highest BCUT2D eigenvalue weighted by Gasteiger charge is 2.48. The van der Waals surface area contributed by atoms with Gasteiger partial charge < -0.3 is 29.7 Å². The molecule has 236 valence electrons. The number of nitrogens with zero attached hydrogens (tertiary/aromatic N) is 4. The van der Waals surface area contributed by atoms with Gasteiger partial charge in [0.15, 0.2) is 0 Å². The molecule has 1 aromatic rings. The van der Waals surface area contributed by atoms with Crippen molar-refractivity contribution in [1.29, 1.82) is 0 Å². The van der Waals surface area contributed by atoms with Crippen LogP contribution in [0.15, 0.2) is 12.3 Å². The van der Waals surface area contributed by atoms with Crippen LogP contribution in [-0.2, 0) is 30.4 Å². The summed E-state index contributed by atoms with van der Waals surface area (Å²) in [5.41, 5.74) is 1.17. The van der Waals surface area contributed by atoms with Crippen LogP contribution in [-0.4, -0.2) is 95.0 Å². The number of amides is 1. The van der Waals surface area contributed by atoms with Gasteiger partial charge in [-0.15, -0.1) is 0 Å².